The van der Waals surface area contributed by atoms with E-state index in [9.17, 15) is 4.79 Å². The van der Waals surface area contributed by atoms with Crippen molar-refractivity contribution in [1.29, 1.82) is 0 Å². The summed E-state index contributed by atoms with van der Waals surface area (Å²) in [5.41, 5.74) is 3.92. The van der Waals surface area contributed by atoms with Gasteiger partial charge in [-0.2, -0.15) is 0 Å². The molecule has 29 heavy (non-hydrogen) atoms. The fourth-order valence-corrected chi connectivity index (χ4v) is 3.21. The average molecular weight is 447 g/mol. The minimum atomic E-state index is -0.303. The highest BCUT2D eigenvalue weighted by Crippen LogP contribution is 2.36. The molecular weight excluding hydrogens is 428 g/mol. The van der Waals surface area contributed by atoms with E-state index in [1.165, 1.54) is 0 Å². The van der Waals surface area contributed by atoms with E-state index in [2.05, 4.69) is 15.9 Å². The van der Waals surface area contributed by atoms with Crippen molar-refractivity contribution >= 4 is 33.9 Å². The van der Waals surface area contributed by atoms with E-state index in [4.69, 9.17) is 9.47 Å². The van der Waals surface area contributed by atoms with Crippen LogP contribution in [-0.4, -0.2) is 5.78 Å². The van der Waals surface area contributed by atoms with Crippen LogP contribution in [0.15, 0.2) is 82.7 Å². The Morgan fingerprint density at radius 2 is 1.21 bits per heavy atom. The van der Waals surface area contributed by atoms with Crippen molar-refractivity contribution in [2.45, 2.75) is 13.8 Å². The highest BCUT2D eigenvalue weighted by molar-refractivity contribution is 9.10. The highest BCUT2D eigenvalue weighted by atomic mass is 79.9. The van der Waals surface area contributed by atoms with Crippen LogP contribution in [0.1, 0.15) is 22.3 Å². The first kappa shape index (κ1) is 19.2. The Morgan fingerprint density at radius 1 is 0.690 bits per heavy atom. The van der Waals surface area contributed by atoms with Crippen LogP contribution in [0.5, 0.6) is 11.5 Å². The fraction of sp³-hybridized carbons (Fsp3) is 0.0800. The molecule has 0 fully saturated rings. The van der Waals surface area contributed by atoms with Crippen molar-refractivity contribution < 1.29 is 14.3 Å². The molecule has 0 saturated carbocycles. The molecule has 0 bridgehead atoms. The first-order chi connectivity index (χ1) is 14.0. The third kappa shape index (κ3) is 4.49. The lowest BCUT2D eigenvalue weighted by Crippen LogP contribution is -2.12. The summed E-state index contributed by atoms with van der Waals surface area (Å²) in [4.78, 5) is 13.2. The maximum absolute atomic E-state index is 13.2. The monoisotopic (exact) mass is 446 g/mol. The Morgan fingerprint density at radius 3 is 1.83 bits per heavy atom. The molecule has 0 unspecified atom stereocenters. The second-order valence-electron chi connectivity index (χ2n) is 6.96. The Kier molecular flexibility index (Phi) is 5.36. The van der Waals surface area contributed by atoms with E-state index in [1.807, 2.05) is 80.6 Å². The predicted molar refractivity (Wildman–Crippen MR) is 119 cm³/mol. The zero-order valence-electron chi connectivity index (χ0n) is 16.1. The minimum Gasteiger partial charge on any atom is -0.449 e. The molecule has 0 spiro atoms. The number of carbonyl (C=O) groups is 1. The Bertz CT molecular complexity index is 1120. The average Bonchev–Trinajstić information content (AvgIpc) is 2.82. The van der Waals surface area contributed by atoms with E-state index in [0.717, 1.165) is 26.7 Å². The van der Waals surface area contributed by atoms with Crippen molar-refractivity contribution in [3.63, 3.8) is 0 Å². The third-order valence-electron chi connectivity index (χ3n) is 4.53. The molecule has 0 aromatic heterocycles. The number of hydrogen-bond donors (Lipinski definition) is 0. The number of carbonyl (C=O) groups excluding carboxylic acids is 1. The van der Waals surface area contributed by atoms with Gasteiger partial charge in [0.2, 0.25) is 0 Å². The summed E-state index contributed by atoms with van der Waals surface area (Å²) < 4.78 is 13.0. The topological polar surface area (TPSA) is 35.5 Å². The number of ketones is 1. The number of aryl methyl sites for hydroxylation is 2. The molecule has 3 nitrogen and oxygen atoms in total. The second kappa shape index (κ2) is 8.10. The van der Waals surface area contributed by atoms with E-state index < -0.39 is 0 Å². The maximum Gasteiger partial charge on any atom is 0.263 e. The SMILES string of the molecule is Cc1ccc(C=C2Oc3ccc(C)cc3OC(=Cc3ccc(Br)cc3)C2=O)cc1. The molecule has 0 saturated heterocycles. The summed E-state index contributed by atoms with van der Waals surface area (Å²) in [5, 5.41) is 0. The molecule has 4 rings (SSSR count). The summed E-state index contributed by atoms with van der Waals surface area (Å²) >= 11 is 3.43. The van der Waals surface area contributed by atoms with Crippen molar-refractivity contribution in [3.05, 3.63) is 105 Å². The van der Waals surface area contributed by atoms with Gasteiger partial charge < -0.3 is 9.47 Å². The van der Waals surface area contributed by atoms with Crippen LogP contribution >= 0.6 is 15.9 Å². The number of fused-ring (bicyclic) bond motifs is 1. The van der Waals surface area contributed by atoms with Crippen molar-refractivity contribution in [2.75, 3.05) is 0 Å². The first-order valence-electron chi connectivity index (χ1n) is 9.25. The van der Waals surface area contributed by atoms with Crippen molar-refractivity contribution in [3.8, 4) is 11.5 Å². The Balaban J connectivity index is 1.81. The van der Waals surface area contributed by atoms with Gasteiger partial charge in [0, 0.05) is 4.47 Å². The van der Waals surface area contributed by atoms with Crippen LogP contribution in [-0.2, 0) is 4.79 Å². The van der Waals surface area contributed by atoms with Crippen LogP contribution in [0.2, 0.25) is 0 Å². The Hall–Kier alpha value is -3.11. The number of hydrogen-bond acceptors (Lipinski definition) is 3. The quantitative estimate of drug-likeness (QED) is 0.422. The summed E-state index contributed by atoms with van der Waals surface area (Å²) in [6.45, 7) is 3.99. The second-order valence-corrected chi connectivity index (χ2v) is 7.88. The summed E-state index contributed by atoms with van der Waals surface area (Å²) in [7, 11) is 0. The number of ether oxygens (including phenoxy) is 2. The van der Waals surface area contributed by atoms with Gasteiger partial charge in [0.15, 0.2) is 23.0 Å². The van der Waals surface area contributed by atoms with Gasteiger partial charge >= 0.3 is 0 Å². The van der Waals surface area contributed by atoms with Gasteiger partial charge in [-0.1, -0.05) is 64.0 Å². The van der Waals surface area contributed by atoms with Gasteiger partial charge in [-0.05, 0) is 67.0 Å². The first-order valence-corrected chi connectivity index (χ1v) is 10.0. The molecule has 4 heteroatoms. The zero-order chi connectivity index (χ0) is 20.4. The third-order valence-corrected chi connectivity index (χ3v) is 5.06. The molecule has 0 radical (unpaired) electrons. The lowest BCUT2D eigenvalue weighted by atomic mass is 10.1. The molecule has 0 amide bonds. The van der Waals surface area contributed by atoms with Gasteiger partial charge in [0.25, 0.3) is 5.78 Å². The maximum atomic E-state index is 13.2. The largest absolute Gasteiger partial charge is 0.449 e. The van der Waals surface area contributed by atoms with Crippen LogP contribution in [0.4, 0.5) is 0 Å². The van der Waals surface area contributed by atoms with E-state index in [0.29, 0.717) is 11.5 Å². The van der Waals surface area contributed by atoms with E-state index in [-0.39, 0.29) is 17.3 Å². The summed E-state index contributed by atoms with van der Waals surface area (Å²) in [6, 6.07) is 21.2. The number of benzene rings is 3. The molecule has 1 aliphatic heterocycles. The predicted octanol–water partition coefficient (Wildman–Crippen LogP) is 6.49. The summed E-state index contributed by atoms with van der Waals surface area (Å²) in [6.07, 6.45) is 3.48. The molecule has 3 aromatic carbocycles. The van der Waals surface area contributed by atoms with Crippen molar-refractivity contribution in [1.82, 2.24) is 0 Å². The molecule has 0 N–H and O–H groups in total. The molecule has 0 atom stereocenters. The van der Waals surface area contributed by atoms with E-state index >= 15 is 0 Å². The van der Waals surface area contributed by atoms with Crippen molar-refractivity contribution in [2.24, 2.45) is 0 Å². The fourth-order valence-electron chi connectivity index (χ4n) is 2.94. The van der Waals surface area contributed by atoms with Crippen LogP contribution in [0.25, 0.3) is 12.2 Å². The Labute approximate surface area is 178 Å². The van der Waals surface area contributed by atoms with E-state index in [1.54, 1.807) is 12.2 Å². The molecule has 3 aromatic rings. The van der Waals surface area contributed by atoms with Crippen LogP contribution in [0, 0.1) is 13.8 Å². The van der Waals surface area contributed by atoms with Gasteiger partial charge in [-0.15, -0.1) is 0 Å². The lowest BCUT2D eigenvalue weighted by Gasteiger charge is -2.07. The lowest BCUT2D eigenvalue weighted by molar-refractivity contribution is -0.115. The molecular formula is C25H19BrO3. The standard InChI is InChI=1S/C25H19BrO3/c1-16-3-6-18(7-4-16)14-23-25(27)24(15-19-8-10-20(26)11-9-19)29-22-13-17(2)5-12-21(22)28-23/h3-15H,1-2H3. The highest BCUT2D eigenvalue weighted by Gasteiger charge is 2.26. The van der Waals surface area contributed by atoms with Crippen LogP contribution < -0.4 is 9.47 Å². The normalized spacial score (nSPS) is 16.2. The summed E-state index contributed by atoms with van der Waals surface area (Å²) in [5.74, 6) is 1.17. The zero-order valence-corrected chi connectivity index (χ0v) is 17.7. The van der Waals surface area contributed by atoms with Gasteiger partial charge in [-0.25, -0.2) is 0 Å². The van der Waals surface area contributed by atoms with Gasteiger partial charge in [0.1, 0.15) is 0 Å². The molecule has 1 aliphatic rings. The van der Waals surface area contributed by atoms with Crippen LogP contribution in [0.3, 0.4) is 0 Å². The van der Waals surface area contributed by atoms with Gasteiger partial charge in [0.05, 0.1) is 0 Å². The molecule has 1 heterocycles. The minimum absolute atomic E-state index is 0.218. The molecule has 0 aliphatic carbocycles. The number of halogens is 1. The van der Waals surface area contributed by atoms with Gasteiger partial charge in [-0.3, -0.25) is 4.79 Å². The molecule has 144 valence electrons. The number of rotatable bonds is 2. The number of Topliss-reactive ketones (excluding diaryl/α,β-unsaturated/α-hetero) is 1. The smallest absolute Gasteiger partial charge is 0.263 e.